The van der Waals surface area contributed by atoms with E-state index in [0.717, 1.165) is 0 Å². The molecule has 3 N–H and O–H groups in total. The fourth-order valence-corrected chi connectivity index (χ4v) is 0.891. The van der Waals surface area contributed by atoms with Gasteiger partial charge in [-0.15, -0.1) is 0 Å². The summed E-state index contributed by atoms with van der Waals surface area (Å²) < 4.78 is 5.47. The van der Waals surface area contributed by atoms with Crippen molar-refractivity contribution in [3.63, 3.8) is 0 Å². The molecule has 1 rings (SSSR count). The SMILES string of the molecule is CC(C)(C)Oc1cc[nH]c(=O)c1N. The first kappa shape index (κ1) is 9.64. The van der Waals surface area contributed by atoms with Crippen LogP contribution in [0.5, 0.6) is 5.75 Å². The molecule has 0 aliphatic carbocycles. The number of nitrogens with two attached hydrogens (primary N) is 1. The third kappa shape index (κ3) is 2.50. The summed E-state index contributed by atoms with van der Waals surface area (Å²) in [5.41, 5.74) is 4.98. The molecule has 0 bridgehead atoms. The van der Waals surface area contributed by atoms with Crippen molar-refractivity contribution in [2.24, 2.45) is 0 Å². The summed E-state index contributed by atoms with van der Waals surface area (Å²) in [6.07, 6.45) is 1.51. The molecule has 0 atom stereocenters. The molecule has 0 aliphatic heterocycles. The maximum Gasteiger partial charge on any atom is 0.274 e. The predicted molar refractivity (Wildman–Crippen MR) is 51.9 cm³/mol. The van der Waals surface area contributed by atoms with E-state index >= 15 is 0 Å². The second kappa shape index (κ2) is 3.12. The Balaban J connectivity index is 3.03. The highest BCUT2D eigenvalue weighted by molar-refractivity contribution is 5.49. The quantitative estimate of drug-likeness (QED) is 0.684. The lowest BCUT2D eigenvalue weighted by atomic mass is 10.2. The molecule has 1 aromatic heterocycles. The Morgan fingerprint density at radius 1 is 1.46 bits per heavy atom. The lowest BCUT2D eigenvalue weighted by Crippen LogP contribution is -2.25. The maximum atomic E-state index is 11.1. The third-order valence-corrected chi connectivity index (χ3v) is 1.38. The van der Waals surface area contributed by atoms with Crippen molar-refractivity contribution in [2.75, 3.05) is 5.73 Å². The number of nitrogens with one attached hydrogen (secondary N) is 1. The van der Waals surface area contributed by atoms with Crippen molar-refractivity contribution < 1.29 is 4.74 Å². The van der Waals surface area contributed by atoms with E-state index in [1.807, 2.05) is 20.8 Å². The van der Waals surface area contributed by atoms with Crippen molar-refractivity contribution in [1.82, 2.24) is 4.98 Å². The highest BCUT2D eigenvalue weighted by atomic mass is 16.5. The van der Waals surface area contributed by atoms with Crippen molar-refractivity contribution in [3.05, 3.63) is 22.6 Å². The lowest BCUT2D eigenvalue weighted by molar-refractivity contribution is 0.132. The average Bonchev–Trinajstić information content (AvgIpc) is 1.96. The van der Waals surface area contributed by atoms with Crippen LogP contribution in [0.2, 0.25) is 0 Å². The average molecular weight is 182 g/mol. The molecule has 0 aromatic carbocycles. The van der Waals surface area contributed by atoms with E-state index in [4.69, 9.17) is 10.5 Å². The summed E-state index contributed by atoms with van der Waals surface area (Å²) in [6.45, 7) is 5.69. The molecule has 72 valence electrons. The molecule has 0 aliphatic rings. The fourth-order valence-electron chi connectivity index (χ4n) is 0.891. The molecule has 1 aromatic rings. The number of pyridine rings is 1. The van der Waals surface area contributed by atoms with E-state index in [-0.39, 0.29) is 16.8 Å². The molecule has 0 saturated carbocycles. The third-order valence-electron chi connectivity index (χ3n) is 1.38. The van der Waals surface area contributed by atoms with Crippen molar-refractivity contribution in [1.29, 1.82) is 0 Å². The van der Waals surface area contributed by atoms with Gasteiger partial charge >= 0.3 is 0 Å². The van der Waals surface area contributed by atoms with Gasteiger partial charge in [0.15, 0.2) is 0 Å². The highest BCUT2D eigenvalue weighted by Crippen LogP contribution is 2.20. The van der Waals surface area contributed by atoms with Gasteiger partial charge in [-0.1, -0.05) is 0 Å². The van der Waals surface area contributed by atoms with Crippen molar-refractivity contribution >= 4 is 5.69 Å². The standard InChI is InChI=1S/C9H14N2O2/c1-9(2,3)13-6-4-5-11-8(12)7(6)10/h4-5H,10H2,1-3H3,(H,11,12). The van der Waals surface area contributed by atoms with Gasteiger partial charge in [-0.2, -0.15) is 0 Å². The number of anilines is 1. The lowest BCUT2D eigenvalue weighted by Gasteiger charge is -2.21. The Morgan fingerprint density at radius 3 is 2.62 bits per heavy atom. The maximum absolute atomic E-state index is 11.1. The Bertz CT molecular complexity index is 349. The van der Waals surface area contributed by atoms with Gasteiger partial charge in [0, 0.05) is 6.20 Å². The number of hydrogen-bond donors (Lipinski definition) is 2. The number of ether oxygens (including phenoxy) is 1. The van der Waals surface area contributed by atoms with E-state index in [9.17, 15) is 4.79 Å². The summed E-state index contributed by atoms with van der Waals surface area (Å²) in [7, 11) is 0. The Hall–Kier alpha value is -1.45. The summed E-state index contributed by atoms with van der Waals surface area (Å²) >= 11 is 0. The first-order chi connectivity index (χ1) is 5.90. The molecule has 4 heteroatoms. The van der Waals surface area contributed by atoms with Gasteiger partial charge in [0.2, 0.25) is 0 Å². The number of aromatic nitrogens is 1. The van der Waals surface area contributed by atoms with Gasteiger partial charge in [-0.3, -0.25) is 4.79 Å². The van der Waals surface area contributed by atoms with Crippen LogP contribution in [-0.4, -0.2) is 10.6 Å². The first-order valence-corrected chi connectivity index (χ1v) is 4.06. The minimum Gasteiger partial charge on any atom is -0.486 e. The highest BCUT2D eigenvalue weighted by Gasteiger charge is 2.14. The molecule has 0 saturated heterocycles. The second-order valence-corrected chi connectivity index (χ2v) is 3.80. The molecule has 0 fully saturated rings. The van der Waals surface area contributed by atoms with Crippen molar-refractivity contribution in [2.45, 2.75) is 26.4 Å². The van der Waals surface area contributed by atoms with E-state index in [1.54, 1.807) is 6.07 Å². The summed E-state index contributed by atoms with van der Waals surface area (Å²) in [5.74, 6) is 0.427. The molecule has 0 amide bonds. The Morgan fingerprint density at radius 2 is 2.08 bits per heavy atom. The second-order valence-electron chi connectivity index (χ2n) is 3.80. The van der Waals surface area contributed by atoms with E-state index < -0.39 is 0 Å². The van der Waals surface area contributed by atoms with Gasteiger partial charge in [0.1, 0.15) is 17.0 Å². The number of nitrogen functional groups attached to an aromatic ring is 1. The van der Waals surface area contributed by atoms with Gasteiger partial charge < -0.3 is 15.5 Å². The molecule has 0 spiro atoms. The van der Waals surface area contributed by atoms with Crippen LogP contribution in [0.4, 0.5) is 5.69 Å². The number of H-pyrrole nitrogens is 1. The molecule has 4 nitrogen and oxygen atoms in total. The Kier molecular flexibility index (Phi) is 2.32. The van der Waals surface area contributed by atoms with Crippen molar-refractivity contribution in [3.8, 4) is 5.75 Å². The van der Waals surface area contributed by atoms with Crippen LogP contribution in [0, 0.1) is 0 Å². The zero-order valence-electron chi connectivity index (χ0n) is 8.05. The zero-order chi connectivity index (χ0) is 10.1. The number of rotatable bonds is 1. The van der Waals surface area contributed by atoms with Crippen LogP contribution in [0.1, 0.15) is 20.8 Å². The van der Waals surface area contributed by atoms with E-state index in [2.05, 4.69) is 4.98 Å². The van der Waals surface area contributed by atoms with Gasteiger partial charge in [0.05, 0.1) is 0 Å². The predicted octanol–water partition coefficient (Wildman–Crippen LogP) is 1.13. The van der Waals surface area contributed by atoms with Crippen LogP contribution in [0.25, 0.3) is 0 Å². The molecule has 0 unspecified atom stereocenters. The minimum absolute atomic E-state index is 0.123. The molecular formula is C9H14N2O2. The molecule has 13 heavy (non-hydrogen) atoms. The van der Waals surface area contributed by atoms with Crippen LogP contribution in [-0.2, 0) is 0 Å². The molecule has 0 radical (unpaired) electrons. The van der Waals surface area contributed by atoms with E-state index in [0.29, 0.717) is 5.75 Å². The van der Waals surface area contributed by atoms with Gasteiger partial charge in [-0.25, -0.2) is 0 Å². The fraction of sp³-hybridized carbons (Fsp3) is 0.444. The van der Waals surface area contributed by atoms with Gasteiger partial charge in [0.25, 0.3) is 5.56 Å². The van der Waals surface area contributed by atoms with Crippen LogP contribution < -0.4 is 16.0 Å². The van der Waals surface area contributed by atoms with Crippen LogP contribution >= 0.6 is 0 Å². The largest absolute Gasteiger partial charge is 0.486 e. The zero-order valence-corrected chi connectivity index (χ0v) is 8.05. The normalized spacial score (nSPS) is 11.3. The smallest absolute Gasteiger partial charge is 0.274 e. The summed E-state index contributed by atoms with van der Waals surface area (Å²) in [5, 5.41) is 0. The van der Waals surface area contributed by atoms with Gasteiger partial charge in [-0.05, 0) is 26.8 Å². The topological polar surface area (TPSA) is 68.1 Å². The van der Waals surface area contributed by atoms with Crippen LogP contribution in [0.15, 0.2) is 17.1 Å². The number of hydrogen-bond acceptors (Lipinski definition) is 3. The Labute approximate surface area is 76.7 Å². The summed E-state index contributed by atoms with van der Waals surface area (Å²) in [4.78, 5) is 13.5. The molecular weight excluding hydrogens is 168 g/mol. The molecule has 1 heterocycles. The number of aromatic amines is 1. The summed E-state index contributed by atoms with van der Waals surface area (Å²) in [6, 6.07) is 1.64. The monoisotopic (exact) mass is 182 g/mol. The van der Waals surface area contributed by atoms with Crippen LogP contribution in [0.3, 0.4) is 0 Å². The van der Waals surface area contributed by atoms with E-state index in [1.165, 1.54) is 6.20 Å². The minimum atomic E-state index is -0.345. The first-order valence-electron chi connectivity index (χ1n) is 4.06.